The summed E-state index contributed by atoms with van der Waals surface area (Å²) in [5.41, 5.74) is 0. The molecule has 6 heteroatoms. The highest BCUT2D eigenvalue weighted by Gasteiger charge is 2.25. The molecule has 0 radical (unpaired) electrons. The summed E-state index contributed by atoms with van der Waals surface area (Å²) in [6.07, 6.45) is 36.5. The third kappa shape index (κ3) is 33.8. The van der Waals surface area contributed by atoms with Gasteiger partial charge >= 0.3 is 11.9 Å². The van der Waals surface area contributed by atoms with Gasteiger partial charge in [0.05, 0.1) is 13.0 Å². The lowest BCUT2D eigenvalue weighted by atomic mass is 10.0. The fourth-order valence-electron chi connectivity index (χ4n) is 6.16. The van der Waals surface area contributed by atoms with E-state index in [1.807, 2.05) is 0 Å². The number of hydrogen-bond acceptors (Lipinski definition) is 4. The molecule has 0 saturated carbocycles. The van der Waals surface area contributed by atoms with Crippen molar-refractivity contribution in [3.8, 4) is 0 Å². The number of carboxylic acids is 1. The molecule has 6 nitrogen and oxygen atoms in total. The maximum absolute atomic E-state index is 12.5. The summed E-state index contributed by atoms with van der Waals surface area (Å²) in [5.74, 6) is -1.17. The minimum atomic E-state index is -1.11. The van der Waals surface area contributed by atoms with Crippen molar-refractivity contribution in [1.29, 1.82) is 0 Å². The Hall–Kier alpha value is -1.59. The highest BCUT2D eigenvalue weighted by atomic mass is 16.5. The van der Waals surface area contributed by atoms with E-state index in [1.165, 1.54) is 148 Å². The Labute approximate surface area is 285 Å². The summed E-state index contributed by atoms with van der Waals surface area (Å²) in [5, 5.41) is 11.8. The lowest BCUT2D eigenvalue weighted by molar-refractivity contribution is -0.151. The largest absolute Gasteiger partial charge is 0.481 e. The van der Waals surface area contributed by atoms with Crippen molar-refractivity contribution >= 4 is 17.8 Å². The number of nitrogens with one attached hydrogen (secondary N) is 1. The Morgan fingerprint density at radius 3 is 1.30 bits per heavy atom. The maximum Gasteiger partial charge on any atom is 0.329 e. The molecule has 0 fully saturated rings. The number of hydrogen-bond donors (Lipinski definition) is 2. The van der Waals surface area contributed by atoms with E-state index in [0.717, 1.165) is 44.4 Å². The van der Waals surface area contributed by atoms with Gasteiger partial charge in [-0.25, -0.2) is 4.79 Å². The smallest absolute Gasteiger partial charge is 0.329 e. The third-order valence-electron chi connectivity index (χ3n) is 9.18. The van der Waals surface area contributed by atoms with E-state index >= 15 is 0 Å². The molecule has 0 bridgehead atoms. The molecule has 0 aromatic rings. The van der Waals surface area contributed by atoms with E-state index < -0.39 is 24.4 Å². The zero-order valence-corrected chi connectivity index (χ0v) is 30.9. The normalized spacial score (nSPS) is 12.0. The number of carbonyl (C=O) groups is 3. The van der Waals surface area contributed by atoms with Crippen LogP contribution in [-0.4, -0.2) is 35.6 Å². The second-order valence-electron chi connectivity index (χ2n) is 14.4. The predicted octanol–water partition coefficient (Wildman–Crippen LogP) is 11.9. The van der Waals surface area contributed by atoms with Gasteiger partial charge in [0.2, 0.25) is 5.91 Å². The molecule has 0 aliphatic carbocycles. The average molecular weight is 652 g/mol. The molecule has 46 heavy (non-hydrogen) atoms. The van der Waals surface area contributed by atoms with Crippen LogP contribution in [0.2, 0.25) is 0 Å². The molecule has 0 aromatic carbocycles. The zero-order chi connectivity index (χ0) is 33.9. The standard InChI is InChI=1S/C40H77NO5/c1-4-5-6-7-8-9-10-11-12-15-18-21-24-27-30-33-38(42)41-37(35-39(43)44)40(45)46-34-31-28-25-22-19-16-13-14-17-20-23-26-29-32-36(2)3/h36-37H,4-35H2,1-3H3,(H,41,42)(H,43,44)/t37-/m0/s1. The van der Waals surface area contributed by atoms with Crippen LogP contribution in [0, 0.1) is 5.92 Å². The number of rotatable bonds is 36. The monoisotopic (exact) mass is 652 g/mol. The first-order valence-corrected chi connectivity index (χ1v) is 20.0. The topological polar surface area (TPSA) is 92.7 Å². The number of carboxylic acid groups (broad SMARTS) is 1. The van der Waals surface area contributed by atoms with Gasteiger partial charge in [0.1, 0.15) is 6.04 Å². The Morgan fingerprint density at radius 1 is 0.543 bits per heavy atom. The van der Waals surface area contributed by atoms with E-state index in [0.29, 0.717) is 6.42 Å². The number of amides is 1. The fourth-order valence-corrected chi connectivity index (χ4v) is 6.16. The van der Waals surface area contributed by atoms with Gasteiger partial charge < -0.3 is 15.2 Å². The molecule has 0 aliphatic heterocycles. The number of ether oxygens (including phenoxy) is 1. The molecule has 272 valence electrons. The summed E-state index contributed by atoms with van der Waals surface area (Å²) in [4.78, 5) is 36.2. The van der Waals surface area contributed by atoms with Crippen LogP contribution in [0.3, 0.4) is 0 Å². The summed E-state index contributed by atoms with van der Waals surface area (Å²) in [6, 6.07) is -1.11. The minimum Gasteiger partial charge on any atom is -0.481 e. The van der Waals surface area contributed by atoms with E-state index in [1.54, 1.807) is 0 Å². The maximum atomic E-state index is 12.5. The van der Waals surface area contributed by atoms with Crippen molar-refractivity contribution in [2.75, 3.05) is 6.61 Å². The predicted molar refractivity (Wildman–Crippen MR) is 194 cm³/mol. The quantitative estimate of drug-likeness (QED) is 0.0519. The SMILES string of the molecule is CCCCCCCCCCCCCCCCCC(=O)N[C@@H](CC(=O)O)C(=O)OCCCCCCCCCCCCCCCC(C)C. The van der Waals surface area contributed by atoms with Crippen LogP contribution in [0.4, 0.5) is 0 Å². The molecule has 0 rings (SSSR count). The van der Waals surface area contributed by atoms with Gasteiger partial charge in [-0.15, -0.1) is 0 Å². The first kappa shape index (κ1) is 44.4. The van der Waals surface area contributed by atoms with Crippen molar-refractivity contribution in [1.82, 2.24) is 5.32 Å². The Morgan fingerprint density at radius 2 is 0.913 bits per heavy atom. The van der Waals surface area contributed by atoms with E-state index in [2.05, 4.69) is 26.1 Å². The van der Waals surface area contributed by atoms with Gasteiger partial charge in [-0.1, -0.05) is 194 Å². The van der Waals surface area contributed by atoms with Gasteiger partial charge in [-0.3, -0.25) is 9.59 Å². The summed E-state index contributed by atoms with van der Waals surface area (Å²) >= 11 is 0. The summed E-state index contributed by atoms with van der Waals surface area (Å²) in [6.45, 7) is 7.15. The molecule has 0 unspecified atom stereocenters. The molecule has 1 amide bonds. The van der Waals surface area contributed by atoms with E-state index in [-0.39, 0.29) is 12.5 Å². The highest BCUT2D eigenvalue weighted by Crippen LogP contribution is 2.16. The third-order valence-corrected chi connectivity index (χ3v) is 9.18. The molecule has 0 spiro atoms. The summed E-state index contributed by atoms with van der Waals surface area (Å²) in [7, 11) is 0. The first-order valence-electron chi connectivity index (χ1n) is 20.0. The van der Waals surface area contributed by atoms with Crippen molar-refractivity contribution in [3.63, 3.8) is 0 Å². The van der Waals surface area contributed by atoms with Crippen LogP contribution < -0.4 is 5.32 Å². The summed E-state index contributed by atoms with van der Waals surface area (Å²) < 4.78 is 5.34. The van der Waals surface area contributed by atoms with Gasteiger partial charge in [-0.2, -0.15) is 0 Å². The van der Waals surface area contributed by atoms with Crippen LogP contribution >= 0.6 is 0 Å². The molecule has 0 aliphatic rings. The molecular weight excluding hydrogens is 574 g/mol. The van der Waals surface area contributed by atoms with Gasteiger partial charge in [0.25, 0.3) is 0 Å². The molecular formula is C40H77NO5. The van der Waals surface area contributed by atoms with Crippen molar-refractivity contribution < 1.29 is 24.2 Å². The molecule has 1 atom stereocenters. The zero-order valence-electron chi connectivity index (χ0n) is 30.9. The Kier molecular flexibility index (Phi) is 33.5. The molecule has 0 aromatic heterocycles. The molecule has 0 saturated heterocycles. The number of esters is 1. The second kappa shape index (κ2) is 34.7. The van der Waals surface area contributed by atoms with Crippen LogP contribution in [0.5, 0.6) is 0 Å². The lowest BCUT2D eigenvalue weighted by Gasteiger charge is -2.16. The van der Waals surface area contributed by atoms with Gasteiger partial charge in [-0.05, 0) is 18.8 Å². The first-order chi connectivity index (χ1) is 22.4. The van der Waals surface area contributed by atoms with Crippen LogP contribution in [0.1, 0.15) is 220 Å². The van der Waals surface area contributed by atoms with Crippen molar-refractivity contribution in [3.05, 3.63) is 0 Å². The van der Waals surface area contributed by atoms with Gasteiger partial charge in [0.15, 0.2) is 0 Å². The highest BCUT2D eigenvalue weighted by molar-refractivity contribution is 5.87. The average Bonchev–Trinajstić information content (AvgIpc) is 3.01. The van der Waals surface area contributed by atoms with Crippen LogP contribution in [0.25, 0.3) is 0 Å². The molecule has 2 N–H and O–H groups in total. The molecule has 0 heterocycles. The van der Waals surface area contributed by atoms with E-state index in [9.17, 15) is 19.5 Å². The van der Waals surface area contributed by atoms with Crippen molar-refractivity contribution in [2.45, 2.75) is 226 Å². The van der Waals surface area contributed by atoms with Crippen LogP contribution in [0.15, 0.2) is 0 Å². The number of carbonyl (C=O) groups excluding carboxylic acids is 2. The van der Waals surface area contributed by atoms with E-state index in [4.69, 9.17) is 4.74 Å². The fraction of sp³-hybridized carbons (Fsp3) is 0.925. The van der Waals surface area contributed by atoms with Crippen LogP contribution in [-0.2, 0) is 19.1 Å². The van der Waals surface area contributed by atoms with Crippen molar-refractivity contribution in [2.24, 2.45) is 5.92 Å². The number of unbranched alkanes of at least 4 members (excludes halogenated alkanes) is 26. The van der Waals surface area contributed by atoms with Gasteiger partial charge in [0, 0.05) is 6.42 Å². The number of aliphatic carboxylic acids is 1. The second-order valence-corrected chi connectivity index (χ2v) is 14.4. The Bertz CT molecular complexity index is 695. The Balaban J connectivity index is 3.72. The lowest BCUT2D eigenvalue weighted by Crippen LogP contribution is -2.43. The minimum absolute atomic E-state index is 0.264.